The maximum atomic E-state index is 11.7. The smallest absolute Gasteiger partial charge is 0.317 e. The number of benzene rings is 1. The van der Waals surface area contributed by atoms with E-state index in [1.54, 1.807) is 6.92 Å². The summed E-state index contributed by atoms with van der Waals surface area (Å²) in [5.74, 6) is -0.835. The van der Waals surface area contributed by atoms with Crippen molar-refractivity contribution in [3.63, 3.8) is 0 Å². The Morgan fingerprint density at radius 2 is 2.04 bits per heavy atom. The summed E-state index contributed by atoms with van der Waals surface area (Å²) in [5, 5.41) is 32.3. The van der Waals surface area contributed by atoms with E-state index in [1.807, 2.05) is 0 Å². The molecule has 2 aromatic rings. The van der Waals surface area contributed by atoms with E-state index in [4.69, 9.17) is 4.74 Å². The Balaban J connectivity index is 2.06. The predicted molar refractivity (Wildman–Crippen MR) is 78.5 cm³/mol. The van der Waals surface area contributed by atoms with E-state index in [-0.39, 0.29) is 10.9 Å². The Bertz CT molecular complexity index is 776. The average Bonchev–Trinajstić information content (AvgIpc) is 2.89. The van der Waals surface area contributed by atoms with Crippen LogP contribution in [0.2, 0.25) is 0 Å². The van der Waals surface area contributed by atoms with Crippen LogP contribution in [0.25, 0.3) is 0 Å². The number of hydrogen-bond donors (Lipinski definition) is 1. The fourth-order valence-corrected chi connectivity index (χ4v) is 2.14. The Labute approximate surface area is 132 Å². The summed E-state index contributed by atoms with van der Waals surface area (Å²) in [6, 6.07) is 2.88. The van der Waals surface area contributed by atoms with E-state index in [9.17, 15) is 25.0 Å². The molecule has 1 aromatic heterocycles. The fourth-order valence-electron chi connectivity index (χ4n) is 1.53. The third kappa shape index (κ3) is 4.16. The highest BCUT2D eigenvalue weighted by Gasteiger charge is 2.21. The van der Waals surface area contributed by atoms with E-state index in [1.165, 1.54) is 0 Å². The monoisotopic (exact) mass is 339 g/mol. The lowest BCUT2D eigenvalue weighted by atomic mass is 10.2. The van der Waals surface area contributed by atoms with Gasteiger partial charge in [-0.1, -0.05) is 11.3 Å². The van der Waals surface area contributed by atoms with Crippen molar-refractivity contribution >= 4 is 33.8 Å². The first-order valence-corrected chi connectivity index (χ1v) is 6.84. The summed E-state index contributed by atoms with van der Waals surface area (Å²) < 4.78 is 5.05. The summed E-state index contributed by atoms with van der Waals surface area (Å²) >= 11 is 1.16. The molecule has 0 saturated heterocycles. The summed E-state index contributed by atoms with van der Waals surface area (Å²) in [5.41, 5.74) is -1.04. The number of anilines is 1. The number of nitro benzene ring substituents is 2. The third-order valence-electron chi connectivity index (χ3n) is 2.48. The second kappa shape index (κ2) is 6.74. The molecule has 0 saturated carbocycles. The van der Waals surface area contributed by atoms with Crippen LogP contribution in [0.5, 0.6) is 5.75 Å². The zero-order chi connectivity index (χ0) is 17.0. The van der Waals surface area contributed by atoms with E-state index < -0.39 is 33.7 Å². The van der Waals surface area contributed by atoms with Crippen LogP contribution in [0.4, 0.5) is 16.5 Å². The second-order valence-corrected chi connectivity index (χ2v) is 5.31. The summed E-state index contributed by atoms with van der Waals surface area (Å²) in [6.07, 6.45) is 0. The molecule has 12 heteroatoms. The normalized spacial score (nSPS) is 10.1. The molecule has 2 rings (SSSR count). The van der Waals surface area contributed by atoms with Gasteiger partial charge in [-0.3, -0.25) is 30.3 Å². The topological polar surface area (TPSA) is 150 Å². The van der Waals surface area contributed by atoms with Gasteiger partial charge < -0.3 is 4.74 Å². The van der Waals surface area contributed by atoms with E-state index >= 15 is 0 Å². The molecule has 1 aromatic carbocycles. The van der Waals surface area contributed by atoms with Gasteiger partial charge in [-0.25, -0.2) is 0 Å². The van der Waals surface area contributed by atoms with Crippen LogP contribution < -0.4 is 10.1 Å². The van der Waals surface area contributed by atoms with Crippen LogP contribution in [0.3, 0.4) is 0 Å². The number of nitrogens with zero attached hydrogens (tertiary/aromatic N) is 4. The number of ether oxygens (including phenoxy) is 1. The zero-order valence-electron chi connectivity index (χ0n) is 11.6. The maximum Gasteiger partial charge on any atom is 0.317 e. The molecule has 0 spiro atoms. The molecule has 0 bridgehead atoms. The number of aromatic nitrogens is 2. The van der Waals surface area contributed by atoms with Crippen LogP contribution in [0.1, 0.15) is 5.01 Å². The number of carbonyl (C=O) groups is 1. The minimum absolute atomic E-state index is 0.246. The van der Waals surface area contributed by atoms with Gasteiger partial charge in [-0.15, -0.1) is 10.2 Å². The van der Waals surface area contributed by atoms with Gasteiger partial charge in [0, 0.05) is 6.07 Å². The fraction of sp³-hybridized carbons (Fsp3) is 0.182. The van der Waals surface area contributed by atoms with Crippen LogP contribution >= 0.6 is 11.3 Å². The molecule has 11 nitrogen and oxygen atoms in total. The maximum absolute atomic E-state index is 11.7. The van der Waals surface area contributed by atoms with Gasteiger partial charge in [0.05, 0.1) is 15.9 Å². The molecule has 120 valence electrons. The minimum Gasteiger partial charge on any atom is -0.477 e. The molecule has 0 unspecified atom stereocenters. The molecule has 0 aliphatic carbocycles. The molecule has 0 fully saturated rings. The number of nitrogens with one attached hydrogen (secondary N) is 1. The molecule has 0 aliphatic heterocycles. The number of non-ortho nitro benzene ring substituents is 1. The quantitative estimate of drug-likeness (QED) is 0.616. The lowest BCUT2D eigenvalue weighted by molar-refractivity contribution is -0.394. The van der Waals surface area contributed by atoms with Crippen molar-refractivity contribution in [3.05, 3.63) is 43.4 Å². The molecule has 0 atom stereocenters. The van der Waals surface area contributed by atoms with Gasteiger partial charge in [0.1, 0.15) is 5.01 Å². The molecule has 23 heavy (non-hydrogen) atoms. The second-order valence-electron chi connectivity index (χ2n) is 4.13. The minimum atomic E-state index is -0.825. The van der Waals surface area contributed by atoms with E-state index in [0.717, 1.165) is 29.5 Å². The molecule has 1 amide bonds. The average molecular weight is 339 g/mol. The van der Waals surface area contributed by atoms with E-state index in [2.05, 4.69) is 15.5 Å². The first-order chi connectivity index (χ1) is 10.9. The van der Waals surface area contributed by atoms with Gasteiger partial charge in [0.15, 0.2) is 12.4 Å². The first-order valence-electron chi connectivity index (χ1n) is 6.02. The lowest BCUT2D eigenvalue weighted by Gasteiger charge is -2.06. The van der Waals surface area contributed by atoms with Gasteiger partial charge in [-0.05, 0) is 13.0 Å². The number of hydrogen-bond acceptors (Lipinski definition) is 9. The zero-order valence-corrected chi connectivity index (χ0v) is 12.4. The van der Waals surface area contributed by atoms with Gasteiger partial charge in [0.25, 0.3) is 11.6 Å². The van der Waals surface area contributed by atoms with Crippen LogP contribution in [-0.4, -0.2) is 32.6 Å². The van der Waals surface area contributed by atoms with Crippen molar-refractivity contribution in [1.29, 1.82) is 0 Å². The molecule has 1 heterocycles. The van der Waals surface area contributed by atoms with Crippen molar-refractivity contribution in [2.45, 2.75) is 6.92 Å². The SMILES string of the molecule is Cc1nnc(NC(=O)COc2ccc([N+](=O)[O-])cc2[N+](=O)[O-])s1. The van der Waals surface area contributed by atoms with Crippen LogP contribution in [0.15, 0.2) is 18.2 Å². The van der Waals surface area contributed by atoms with Gasteiger partial charge in [0.2, 0.25) is 5.13 Å². The Morgan fingerprint density at radius 1 is 1.30 bits per heavy atom. The van der Waals surface area contributed by atoms with Crippen molar-refractivity contribution in [2.75, 3.05) is 11.9 Å². The number of aryl methyl sites for hydroxylation is 1. The summed E-state index contributed by atoms with van der Waals surface area (Å²) in [4.78, 5) is 31.6. The standard InChI is InChI=1S/C11H9N5O6S/c1-6-13-14-11(23-6)12-10(17)5-22-9-3-2-7(15(18)19)4-8(9)16(20)21/h2-4H,5H2,1H3,(H,12,14,17). The van der Waals surface area contributed by atoms with Gasteiger partial charge in [-0.2, -0.15) is 0 Å². The number of carbonyl (C=O) groups excluding carboxylic acids is 1. The highest BCUT2D eigenvalue weighted by atomic mass is 32.1. The summed E-state index contributed by atoms with van der Waals surface area (Å²) in [7, 11) is 0. The largest absolute Gasteiger partial charge is 0.477 e. The highest BCUT2D eigenvalue weighted by molar-refractivity contribution is 7.15. The Kier molecular flexibility index (Phi) is 4.75. The Hall–Kier alpha value is -3.15. The Morgan fingerprint density at radius 3 is 2.61 bits per heavy atom. The van der Waals surface area contributed by atoms with Crippen molar-refractivity contribution in [3.8, 4) is 5.75 Å². The van der Waals surface area contributed by atoms with Gasteiger partial charge >= 0.3 is 5.69 Å². The molecular formula is C11H9N5O6S. The molecule has 0 radical (unpaired) electrons. The van der Waals surface area contributed by atoms with Crippen molar-refractivity contribution in [1.82, 2.24) is 10.2 Å². The van der Waals surface area contributed by atoms with E-state index in [0.29, 0.717) is 5.01 Å². The highest BCUT2D eigenvalue weighted by Crippen LogP contribution is 2.30. The number of nitro groups is 2. The summed E-state index contributed by atoms with van der Waals surface area (Å²) in [6.45, 7) is 1.20. The van der Waals surface area contributed by atoms with Crippen molar-refractivity contribution in [2.24, 2.45) is 0 Å². The first kappa shape index (κ1) is 16.2. The van der Waals surface area contributed by atoms with Crippen LogP contribution in [0, 0.1) is 27.2 Å². The molecular weight excluding hydrogens is 330 g/mol. The number of rotatable bonds is 6. The predicted octanol–water partition coefficient (Wildman–Crippen LogP) is 1.68. The van der Waals surface area contributed by atoms with Crippen molar-refractivity contribution < 1.29 is 19.4 Å². The lowest BCUT2D eigenvalue weighted by Crippen LogP contribution is -2.20. The molecule has 1 N–H and O–H groups in total. The van der Waals surface area contributed by atoms with Crippen LogP contribution in [-0.2, 0) is 4.79 Å². The third-order valence-corrected chi connectivity index (χ3v) is 3.24. The number of amides is 1. The molecule has 0 aliphatic rings.